The van der Waals surface area contributed by atoms with Crippen LogP contribution in [0.15, 0.2) is 52.4 Å². The van der Waals surface area contributed by atoms with Crippen LogP contribution in [0.25, 0.3) is 0 Å². The first-order chi connectivity index (χ1) is 12.8. The van der Waals surface area contributed by atoms with E-state index in [1.54, 1.807) is 0 Å². The molecule has 0 fully saturated rings. The number of nitrogens with zero attached hydrogens (tertiary/aromatic N) is 2. The van der Waals surface area contributed by atoms with Gasteiger partial charge in [-0.1, -0.05) is 39.0 Å². The number of hydrogen-bond acceptors (Lipinski definition) is 3. The molecule has 0 radical (unpaired) electrons. The number of hydrogen-bond donors (Lipinski definition) is 3. The molecule has 2 aromatic rings. The van der Waals surface area contributed by atoms with Crippen molar-refractivity contribution in [3.63, 3.8) is 0 Å². The van der Waals surface area contributed by atoms with Crippen molar-refractivity contribution in [2.24, 2.45) is 21.5 Å². The van der Waals surface area contributed by atoms with Crippen molar-refractivity contribution in [3.8, 4) is 11.5 Å². The van der Waals surface area contributed by atoms with Gasteiger partial charge >= 0.3 is 0 Å². The lowest BCUT2D eigenvalue weighted by atomic mass is 9.87. The van der Waals surface area contributed by atoms with Gasteiger partial charge in [-0.2, -0.15) is 4.99 Å². The summed E-state index contributed by atoms with van der Waals surface area (Å²) in [6, 6.07) is 13.8. The maximum atomic E-state index is 5.54. The molecule has 142 valence electrons. The van der Waals surface area contributed by atoms with Gasteiger partial charge in [0.15, 0.2) is 17.5 Å². The third kappa shape index (κ3) is 4.91. The van der Waals surface area contributed by atoms with Crippen LogP contribution in [-0.4, -0.2) is 18.7 Å². The number of guanidine groups is 2. The fourth-order valence-electron chi connectivity index (χ4n) is 2.61. The molecule has 0 spiro atoms. The van der Waals surface area contributed by atoms with Crippen molar-refractivity contribution in [1.82, 2.24) is 0 Å². The van der Waals surface area contributed by atoms with Gasteiger partial charge < -0.3 is 26.3 Å². The molecule has 0 saturated heterocycles. The second kappa shape index (κ2) is 7.57. The minimum atomic E-state index is -0.0572. The molecule has 0 unspecified atom stereocenters. The van der Waals surface area contributed by atoms with Gasteiger partial charge in [0, 0.05) is 5.69 Å². The Morgan fingerprint density at radius 3 is 2.41 bits per heavy atom. The minimum absolute atomic E-state index is 0.0572. The van der Waals surface area contributed by atoms with Crippen LogP contribution in [0.4, 0.5) is 5.69 Å². The van der Waals surface area contributed by atoms with Crippen molar-refractivity contribution < 1.29 is 9.47 Å². The number of rotatable bonds is 3. The Balaban J connectivity index is 1.75. The summed E-state index contributed by atoms with van der Waals surface area (Å²) in [6.07, 6.45) is 0. The number of anilines is 1. The fourth-order valence-corrected chi connectivity index (χ4v) is 2.61. The summed E-state index contributed by atoms with van der Waals surface area (Å²) >= 11 is 0. The number of benzene rings is 2. The second-order valence-electron chi connectivity index (χ2n) is 7.32. The highest BCUT2D eigenvalue weighted by molar-refractivity contribution is 6.01. The average Bonchev–Trinajstić information content (AvgIpc) is 3.06. The third-order valence-electron chi connectivity index (χ3n) is 4.09. The standard InChI is InChI=1S/C20H25N5O2/c1-20(2,3)14-5-7-15(8-6-14)24-19(25-18(21)22)23-11-13-4-9-16-17(10-13)27-12-26-16/h4-10H,11-12H2,1-3H3,(H5,21,22,23,24,25). The normalized spacial score (nSPS) is 13.4. The van der Waals surface area contributed by atoms with Crippen molar-refractivity contribution in [1.29, 1.82) is 0 Å². The maximum absolute atomic E-state index is 5.54. The van der Waals surface area contributed by atoms with Crippen LogP contribution in [-0.2, 0) is 12.0 Å². The zero-order valence-electron chi connectivity index (χ0n) is 15.8. The molecule has 7 nitrogen and oxygen atoms in total. The SMILES string of the molecule is CC(C)(C)c1ccc(NC(N=C(N)N)=NCc2ccc3c(c2)OCO3)cc1. The van der Waals surface area contributed by atoms with Gasteiger partial charge in [-0.15, -0.1) is 0 Å². The molecular weight excluding hydrogens is 342 g/mol. The number of nitrogens with one attached hydrogen (secondary N) is 1. The van der Waals surface area contributed by atoms with Crippen LogP contribution in [0.1, 0.15) is 31.9 Å². The van der Waals surface area contributed by atoms with Gasteiger partial charge in [-0.3, -0.25) is 0 Å². The molecule has 0 aliphatic carbocycles. The van der Waals surface area contributed by atoms with Crippen LogP contribution in [0.2, 0.25) is 0 Å². The summed E-state index contributed by atoms with van der Waals surface area (Å²) in [5, 5.41) is 3.16. The topological polar surface area (TPSA) is 107 Å². The number of fused-ring (bicyclic) bond motifs is 1. The molecule has 1 aliphatic rings. The van der Waals surface area contributed by atoms with Crippen molar-refractivity contribution in [2.75, 3.05) is 12.1 Å². The van der Waals surface area contributed by atoms with Gasteiger partial charge in [-0.05, 0) is 40.8 Å². The molecule has 1 heterocycles. The van der Waals surface area contributed by atoms with Crippen LogP contribution in [0.5, 0.6) is 11.5 Å². The van der Waals surface area contributed by atoms with Gasteiger partial charge in [0.25, 0.3) is 0 Å². The van der Waals surface area contributed by atoms with E-state index >= 15 is 0 Å². The largest absolute Gasteiger partial charge is 0.454 e. The van der Waals surface area contributed by atoms with E-state index in [2.05, 4.69) is 48.2 Å². The summed E-state index contributed by atoms with van der Waals surface area (Å²) in [5.41, 5.74) is 14.2. The molecule has 3 rings (SSSR count). The number of ether oxygens (including phenoxy) is 2. The second-order valence-corrected chi connectivity index (χ2v) is 7.32. The Labute approximate surface area is 159 Å². The first kappa shape index (κ1) is 18.6. The molecule has 27 heavy (non-hydrogen) atoms. The Hall–Kier alpha value is -3.22. The lowest BCUT2D eigenvalue weighted by Gasteiger charge is -2.19. The monoisotopic (exact) mass is 367 g/mol. The molecule has 7 heteroatoms. The van der Waals surface area contributed by atoms with Crippen molar-refractivity contribution in [3.05, 3.63) is 53.6 Å². The molecule has 2 aromatic carbocycles. The van der Waals surface area contributed by atoms with E-state index in [9.17, 15) is 0 Å². The van der Waals surface area contributed by atoms with Gasteiger partial charge in [0.1, 0.15) is 0 Å². The summed E-state index contributed by atoms with van der Waals surface area (Å²) in [4.78, 5) is 8.57. The van der Waals surface area contributed by atoms with E-state index in [1.807, 2.05) is 30.3 Å². The lowest BCUT2D eigenvalue weighted by Crippen LogP contribution is -2.26. The Morgan fingerprint density at radius 1 is 1.04 bits per heavy atom. The molecule has 5 N–H and O–H groups in total. The summed E-state index contributed by atoms with van der Waals surface area (Å²) < 4.78 is 10.7. The van der Waals surface area contributed by atoms with Crippen LogP contribution in [0, 0.1) is 0 Å². The first-order valence-electron chi connectivity index (χ1n) is 8.71. The van der Waals surface area contributed by atoms with E-state index in [-0.39, 0.29) is 18.2 Å². The average molecular weight is 367 g/mol. The molecule has 0 saturated carbocycles. The maximum Gasteiger partial charge on any atom is 0.231 e. The highest BCUT2D eigenvalue weighted by atomic mass is 16.7. The van der Waals surface area contributed by atoms with Gasteiger partial charge in [-0.25, -0.2) is 4.99 Å². The summed E-state index contributed by atoms with van der Waals surface area (Å²) in [6.45, 7) is 7.16. The quantitative estimate of drug-likeness (QED) is 0.571. The molecular formula is C20H25N5O2. The van der Waals surface area contributed by atoms with E-state index in [0.29, 0.717) is 12.5 Å². The minimum Gasteiger partial charge on any atom is -0.454 e. The molecule has 0 amide bonds. The summed E-state index contributed by atoms with van der Waals surface area (Å²) in [7, 11) is 0. The van der Waals surface area contributed by atoms with E-state index in [4.69, 9.17) is 20.9 Å². The Kier molecular flexibility index (Phi) is 5.21. The smallest absolute Gasteiger partial charge is 0.231 e. The lowest BCUT2D eigenvalue weighted by molar-refractivity contribution is 0.174. The number of aliphatic imine (C=N–C) groups is 2. The molecule has 0 bridgehead atoms. The van der Waals surface area contributed by atoms with E-state index in [0.717, 1.165) is 22.7 Å². The van der Waals surface area contributed by atoms with Gasteiger partial charge in [0.05, 0.1) is 6.54 Å². The van der Waals surface area contributed by atoms with Crippen LogP contribution in [0.3, 0.4) is 0 Å². The van der Waals surface area contributed by atoms with Gasteiger partial charge in [0.2, 0.25) is 12.8 Å². The van der Waals surface area contributed by atoms with Crippen LogP contribution >= 0.6 is 0 Å². The zero-order valence-corrected chi connectivity index (χ0v) is 15.8. The number of nitrogens with two attached hydrogens (primary N) is 2. The molecule has 1 aliphatic heterocycles. The molecule has 0 aromatic heterocycles. The highest BCUT2D eigenvalue weighted by Crippen LogP contribution is 2.32. The molecule has 0 atom stereocenters. The Bertz CT molecular complexity index is 863. The van der Waals surface area contributed by atoms with E-state index in [1.165, 1.54) is 5.56 Å². The predicted molar refractivity (Wildman–Crippen MR) is 108 cm³/mol. The Morgan fingerprint density at radius 2 is 1.74 bits per heavy atom. The summed E-state index contributed by atoms with van der Waals surface area (Å²) in [5.74, 6) is 1.75. The van der Waals surface area contributed by atoms with Crippen molar-refractivity contribution >= 4 is 17.6 Å². The van der Waals surface area contributed by atoms with E-state index < -0.39 is 0 Å². The highest BCUT2D eigenvalue weighted by Gasteiger charge is 2.14. The first-order valence-corrected chi connectivity index (χ1v) is 8.71. The third-order valence-corrected chi connectivity index (χ3v) is 4.09. The zero-order chi connectivity index (χ0) is 19.4. The van der Waals surface area contributed by atoms with Crippen LogP contribution < -0.4 is 26.3 Å². The predicted octanol–water partition coefficient (Wildman–Crippen LogP) is 2.95. The van der Waals surface area contributed by atoms with Crippen molar-refractivity contribution in [2.45, 2.75) is 32.7 Å². The fraction of sp³-hybridized carbons (Fsp3) is 0.300.